The molecule has 0 amide bonds. The molecule has 0 bridgehead atoms. The number of fused-ring (bicyclic) bond motifs is 1. The van der Waals surface area contributed by atoms with Crippen LogP contribution in [0.2, 0.25) is 0 Å². The molecule has 0 fully saturated rings. The van der Waals surface area contributed by atoms with Crippen molar-refractivity contribution in [3.63, 3.8) is 0 Å². The maximum atomic E-state index is 9.98. The Morgan fingerprint density at radius 1 is 1.05 bits per heavy atom. The van der Waals surface area contributed by atoms with E-state index in [-0.39, 0.29) is 11.5 Å². The molecule has 5 heteroatoms. The van der Waals surface area contributed by atoms with Crippen molar-refractivity contribution < 1.29 is 24.5 Å². The van der Waals surface area contributed by atoms with E-state index >= 15 is 0 Å². The van der Waals surface area contributed by atoms with Gasteiger partial charge in [0.2, 0.25) is 11.5 Å². The van der Waals surface area contributed by atoms with Crippen LogP contribution in [0.1, 0.15) is 5.76 Å². The van der Waals surface area contributed by atoms with Crippen LogP contribution in [0.25, 0.3) is 22.1 Å². The Balaban J connectivity index is 2.28. The van der Waals surface area contributed by atoms with Gasteiger partial charge < -0.3 is 24.5 Å². The molecule has 1 aromatic heterocycles. The van der Waals surface area contributed by atoms with E-state index in [0.29, 0.717) is 11.3 Å². The van der Waals surface area contributed by atoms with Gasteiger partial charge >= 0.3 is 0 Å². The van der Waals surface area contributed by atoms with Gasteiger partial charge in [-0.1, -0.05) is 24.3 Å². The van der Waals surface area contributed by atoms with Gasteiger partial charge in [-0.3, -0.25) is 0 Å². The van der Waals surface area contributed by atoms with E-state index in [0.717, 1.165) is 10.8 Å². The van der Waals surface area contributed by atoms with E-state index in [1.807, 2.05) is 30.3 Å². The van der Waals surface area contributed by atoms with Crippen LogP contribution in [-0.4, -0.2) is 22.4 Å². The van der Waals surface area contributed by atoms with E-state index in [2.05, 4.69) is 0 Å². The second kappa shape index (κ2) is 5.03. The minimum absolute atomic E-state index is 0.0687. The molecule has 0 spiro atoms. The highest BCUT2D eigenvalue weighted by atomic mass is 16.5. The number of furan rings is 1. The van der Waals surface area contributed by atoms with Crippen LogP contribution in [0.3, 0.4) is 0 Å². The summed E-state index contributed by atoms with van der Waals surface area (Å²) in [5, 5.41) is 30.7. The van der Waals surface area contributed by atoms with Gasteiger partial charge in [0.1, 0.15) is 12.4 Å². The lowest BCUT2D eigenvalue weighted by molar-refractivity contribution is 0.240. The van der Waals surface area contributed by atoms with E-state index in [4.69, 9.17) is 14.3 Å². The second-order valence-electron chi connectivity index (χ2n) is 4.61. The summed E-state index contributed by atoms with van der Waals surface area (Å²) in [6, 6.07) is 11.3. The highest BCUT2D eigenvalue weighted by Crippen LogP contribution is 2.46. The molecule has 3 N–H and O–H groups in total. The number of aliphatic hydroxyl groups is 1. The number of methoxy groups -OCH3 is 1. The first-order valence-corrected chi connectivity index (χ1v) is 6.37. The standard InChI is InChI=1S/C16H14O5/c1-20-12-7-10-5-3-2-4-9(10)6-11(12)16-15(19)14(18)13(8-17)21-16/h2-7,17-19H,8H2,1H3. The van der Waals surface area contributed by atoms with E-state index in [1.54, 1.807) is 6.07 Å². The quantitative estimate of drug-likeness (QED) is 0.689. The van der Waals surface area contributed by atoms with Crippen LogP contribution in [0.4, 0.5) is 0 Å². The molecule has 0 saturated heterocycles. The molecule has 0 atom stereocenters. The first-order chi connectivity index (χ1) is 10.2. The van der Waals surface area contributed by atoms with Crippen molar-refractivity contribution in [3.8, 4) is 28.6 Å². The highest BCUT2D eigenvalue weighted by Gasteiger charge is 2.22. The fourth-order valence-corrected chi connectivity index (χ4v) is 2.31. The number of aromatic hydroxyl groups is 2. The Hall–Kier alpha value is -2.66. The summed E-state index contributed by atoms with van der Waals surface area (Å²) in [4.78, 5) is 0. The summed E-state index contributed by atoms with van der Waals surface area (Å²) in [5.74, 6) is -0.380. The average Bonchev–Trinajstić information content (AvgIpc) is 2.81. The lowest BCUT2D eigenvalue weighted by atomic mass is 10.0. The average molecular weight is 286 g/mol. The highest BCUT2D eigenvalue weighted by molar-refractivity contribution is 5.91. The minimum atomic E-state index is -0.505. The predicted molar refractivity (Wildman–Crippen MR) is 77.5 cm³/mol. The molecule has 1 heterocycles. The predicted octanol–water partition coefficient (Wildman–Crippen LogP) is 3.01. The minimum Gasteiger partial charge on any atom is -0.502 e. The molecule has 5 nitrogen and oxygen atoms in total. The summed E-state index contributed by atoms with van der Waals surface area (Å²) < 4.78 is 10.7. The summed E-state index contributed by atoms with van der Waals surface area (Å²) in [5.41, 5.74) is 0.503. The SMILES string of the molecule is COc1cc2ccccc2cc1-c1oc(CO)c(O)c1O. The smallest absolute Gasteiger partial charge is 0.205 e. The topological polar surface area (TPSA) is 83.1 Å². The van der Waals surface area contributed by atoms with Crippen LogP contribution in [0, 0.1) is 0 Å². The van der Waals surface area contributed by atoms with E-state index < -0.39 is 18.1 Å². The number of benzene rings is 2. The van der Waals surface area contributed by atoms with Gasteiger partial charge in [0.15, 0.2) is 11.5 Å². The molecule has 0 aliphatic carbocycles. The second-order valence-corrected chi connectivity index (χ2v) is 4.61. The first-order valence-electron chi connectivity index (χ1n) is 6.37. The Morgan fingerprint density at radius 3 is 2.29 bits per heavy atom. The Kier molecular flexibility index (Phi) is 3.19. The van der Waals surface area contributed by atoms with Crippen LogP contribution in [0.5, 0.6) is 17.2 Å². The van der Waals surface area contributed by atoms with Gasteiger partial charge in [-0.15, -0.1) is 0 Å². The zero-order valence-corrected chi connectivity index (χ0v) is 11.3. The van der Waals surface area contributed by atoms with Crippen LogP contribution < -0.4 is 4.74 Å². The van der Waals surface area contributed by atoms with Crippen molar-refractivity contribution in [1.29, 1.82) is 0 Å². The zero-order chi connectivity index (χ0) is 15.0. The fourth-order valence-electron chi connectivity index (χ4n) is 2.31. The van der Waals surface area contributed by atoms with Gasteiger partial charge in [0.25, 0.3) is 0 Å². The normalized spacial score (nSPS) is 11.0. The molecule has 0 aliphatic heterocycles. The molecular formula is C16H14O5. The molecule has 0 aliphatic rings. The summed E-state index contributed by atoms with van der Waals surface area (Å²) in [6.45, 7) is -0.505. The summed E-state index contributed by atoms with van der Waals surface area (Å²) in [6.07, 6.45) is 0. The molecule has 3 aromatic rings. The maximum absolute atomic E-state index is 9.98. The van der Waals surface area contributed by atoms with Crippen molar-refractivity contribution in [2.45, 2.75) is 6.61 Å². The molecule has 0 saturated carbocycles. The Labute approximate surface area is 120 Å². The lowest BCUT2D eigenvalue weighted by Crippen LogP contribution is -1.88. The Morgan fingerprint density at radius 2 is 1.71 bits per heavy atom. The van der Waals surface area contributed by atoms with Crippen molar-refractivity contribution in [2.75, 3.05) is 7.11 Å². The molecule has 0 radical (unpaired) electrons. The van der Waals surface area contributed by atoms with Crippen LogP contribution in [-0.2, 0) is 6.61 Å². The number of aliphatic hydroxyl groups excluding tert-OH is 1. The molecule has 108 valence electrons. The van der Waals surface area contributed by atoms with Gasteiger partial charge in [-0.2, -0.15) is 0 Å². The molecule has 0 unspecified atom stereocenters. The molecular weight excluding hydrogens is 272 g/mol. The molecule has 2 aromatic carbocycles. The number of rotatable bonds is 3. The summed E-state index contributed by atoms with van der Waals surface area (Å²) >= 11 is 0. The third-order valence-corrected chi connectivity index (χ3v) is 3.38. The van der Waals surface area contributed by atoms with Gasteiger partial charge in [0, 0.05) is 0 Å². The van der Waals surface area contributed by atoms with Crippen LogP contribution >= 0.6 is 0 Å². The van der Waals surface area contributed by atoms with Gasteiger partial charge in [0.05, 0.1) is 12.7 Å². The van der Waals surface area contributed by atoms with Gasteiger partial charge in [-0.05, 0) is 22.9 Å². The molecule has 21 heavy (non-hydrogen) atoms. The van der Waals surface area contributed by atoms with E-state index in [9.17, 15) is 10.2 Å². The lowest BCUT2D eigenvalue weighted by Gasteiger charge is -2.09. The monoisotopic (exact) mass is 286 g/mol. The van der Waals surface area contributed by atoms with Crippen LogP contribution in [0.15, 0.2) is 40.8 Å². The fraction of sp³-hybridized carbons (Fsp3) is 0.125. The largest absolute Gasteiger partial charge is 0.502 e. The van der Waals surface area contributed by atoms with Crippen molar-refractivity contribution in [1.82, 2.24) is 0 Å². The summed E-state index contributed by atoms with van der Waals surface area (Å²) in [7, 11) is 1.51. The first kappa shape index (κ1) is 13.3. The third kappa shape index (κ3) is 2.08. The third-order valence-electron chi connectivity index (χ3n) is 3.38. The van der Waals surface area contributed by atoms with E-state index in [1.165, 1.54) is 7.11 Å². The Bertz CT molecular complexity index is 804. The van der Waals surface area contributed by atoms with Gasteiger partial charge in [-0.25, -0.2) is 0 Å². The van der Waals surface area contributed by atoms with Crippen molar-refractivity contribution in [3.05, 3.63) is 42.2 Å². The van der Waals surface area contributed by atoms with Crippen molar-refractivity contribution >= 4 is 10.8 Å². The number of ether oxygens (including phenoxy) is 1. The van der Waals surface area contributed by atoms with Crippen molar-refractivity contribution in [2.24, 2.45) is 0 Å². The number of hydrogen-bond donors (Lipinski definition) is 3. The maximum Gasteiger partial charge on any atom is 0.205 e. The zero-order valence-electron chi connectivity index (χ0n) is 11.3. The molecule has 3 rings (SSSR count). The number of hydrogen-bond acceptors (Lipinski definition) is 5.